The van der Waals surface area contributed by atoms with Crippen molar-refractivity contribution in [1.29, 1.82) is 0 Å². The number of halogens is 1. The molecule has 1 aliphatic heterocycles. The van der Waals surface area contributed by atoms with Gasteiger partial charge < -0.3 is 4.74 Å². The van der Waals surface area contributed by atoms with E-state index in [0.717, 1.165) is 36.2 Å². The molecule has 26 heavy (non-hydrogen) atoms. The number of aromatic nitrogens is 3. The highest BCUT2D eigenvalue weighted by Gasteiger charge is 2.28. The van der Waals surface area contributed by atoms with E-state index in [-0.39, 0.29) is 12.0 Å². The van der Waals surface area contributed by atoms with Crippen LogP contribution >= 0.6 is 22.9 Å². The summed E-state index contributed by atoms with van der Waals surface area (Å²) >= 11 is 7.55. The van der Waals surface area contributed by atoms with Gasteiger partial charge in [-0.25, -0.2) is 4.98 Å². The Kier molecular flexibility index (Phi) is 4.93. The maximum atomic E-state index is 13.1. The Balaban J connectivity index is 1.69. The van der Waals surface area contributed by atoms with Gasteiger partial charge in [-0.1, -0.05) is 22.9 Å². The lowest BCUT2D eigenvalue weighted by atomic mass is 10.2. The zero-order valence-electron chi connectivity index (χ0n) is 14.4. The molecule has 8 heteroatoms. The number of amides is 1. The summed E-state index contributed by atoms with van der Waals surface area (Å²) in [6.45, 7) is 3.93. The minimum atomic E-state index is -0.155. The summed E-state index contributed by atoms with van der Waals surface area (Å²) in [5.41, 5.74) is 1.25. The maximum absolute atomic E-state index is 13.1. The minimum Gasteiger partial charge on any atom is -0.376 e. The Morgan fingerprint density at radius 2 is 2.35 bits per heavy atom. The third-order valence-corrected chi connectivity index (χ3v) is 5.69. The summed E-state index contributed by atoms with van der Waals surface area (Å²) < 4.78 is 8.45. The monoisotopic (exact) mass is 390 g/mol. The topological polar surface area (TPSA) is 60.2 Å². The molecule has 0 saturated carbocycles. The molecular weight excluding hydrogens is 372 g/mol. The van der Waals surface area contributed by atoms with Crippen molar-refractivity contribution in [2.24, 2.45) is 0 Å². The van der Waals surface area contributed by atoms with E-state index in [4.69, 9.17) is 16.3 Å². The molecule has 1 unspecified atom stereocenters. The molecule has 3 aromatic rings. The summed E-state index contributed by atoms with van der Waals surface area (Å²) in [5.74, 6) is -0.155. The molecule has 1 fully saturated rings. The Labute approximate surface area is 160 Å². The molecule has 1 aliphatic rings. The average molecular weight is 391 g/mol. The molecule has 0 radical (unpaired) electrons. The van der Waals surface area contributed by atoms with E-state index in [9.17, 15) is 4.79 Å². The van der Waals surface area contributed by atoms with Gasteiger partial charge in [-0.2, -0.15) is 5.10 Å². The fourth-order valence-electron chi connectivity index (χ4n) is 3.03. The van der Waals surface area contributed by atoms with Crippen molar-refractivity contribution in [1.82, 2.24) is 14.8 Å². The highest BCUT2D eigenvalue weighted by molar-refractivity contribution is 7.22. The van der Waals surface area contributed by atoms with Gasteiger partial charge in [0.05, 0.1) is 22.9 Å². The quantitative estimate of drug-likeness (QED) is 0.660. The molecule has 3 heterocycles. The number of fused-ring (bicyclic) bond motifs is 1. The molecule has 1 atom stereocenters. The number of benzene rings is 1. The Morgan fingerprint density at radius 3 is 3.08 bits per heavy atom. The smallest absolute Gasteiger partial charge is 0.280 e. The molecule has 136 valence electrons. The van der Waals surface area contributed by atoms with E-state index >= 15 is 0 Å². The number of anilines is 1. The van der Waals surface area contributed by atoms with E-state index in [1.54, 1.807) is 15.6 Å². The van der Waals surface area contributed by atoms with Crippen LogP contribution in [-0.2, 0) is 11.3 Å². The van der Waals surface area contributed by atoms with Crippen LogP contribution in [0.25, 0.3) is 10.2 Å². The SMILES string of the molecule is CCn1ccc(C(=O)N(CC2CCCO2)c2nc3ccc(Cl)cc3s2)n1. The largest absolute Gasteiger partial charge is 0.376 e. The molecule has 2 aromatic heterocycles. The first-order valence-corrected chi connectivity index (χ1v) is 9.86. The molecule has 0 aliphatic carbocycles. The Hall–Kier alpha value is -1.96. The lowest BCUT2D eigenvalue weighted by molar-refractivity contribution is 0.0912. The summed E-state index contributed by atoms with van der Waals surface area (Å²) in [5, 5.41) is 5.66. The van der Waals surface area contributed by atoms with Crippen LogP contribution in [0.5, 0.6) is 0 Å². The molecule has 0 bridgehead atoms. The van der Waals surface area contributed by atoms with Gasteiger partial charge in [0, 0.05) is 24.4 Å². The fraction of sp³-hybridized carbons (Fsp3) is 0.389. The van der Waals surface area contributed by atoms with Crippen molar-refractivity contribution >= 4 is 44.2 Å². The molecule has 1 saturated heterocycles. The van der Waals surface area contributed by atoms with Gasteiger partial charge in [0.25, 0.3) is 5.91 Å². The van der Waals surface area contributed by atoms with Crippen molar-refractivity contribution in [3.8, 4) is 0 Å². The maximum Gasteiger partial charge on any atom is 0.280 e. The summed E-state index contributed by atoms with van der Waals surface area (Å²) in [4.78, 5) is 19.5. The minimum absolute atomic E-state index is 0.0304. The van der Waals surface area contributed by atoms with Gasteiger partial charge in [0.1, 0.15) is 0 Å². The van der Waals surface area contributed by atoms with Crippen LogP contribution in [-0.4, -0.2) is 39.9 Å². The average Bonchev–Trinajstić information content (AvgIpc) is 3.38. The summed E-state index contributed by atoms with van der Waals surface area (Å²) in [7, 11) is 0. The third-order valence-electron chi connectivity index (χ3n) is 4.41. The molecule has 6 nitrogen and oxygen atoms in total. The van der Waals surface area contributed by atoms with Gasteiger partial charge >= 0.3 is 0 Å². The molecule has 0 spiro atoms. The number of rotatable bonds is 5. The van der Waals surface area contributed by atoms with Crippen molar-refractivity contribution in [3.63, 3.8) is 0 Å². The number of carbonyl (C=O) groups is 1. The Morgan fingerprint density at radius 1 is 1.46 bits per heavy atom. The summed E-state index contributed by atoms with van der Waals surface area (Å²) in [6, 6.07) is 7.30. The zero-order valence-corrected chi connectivity index (χ0v) is 16.0. The predicted octanol–water partition coefficient (Wildman–Crippen LogP) is 3.99. The second-order valence-electron chi connectivity index (χ2n) is 6.22. The second kappa shape index (κ2) is 7.34. The number of hydrogen-bond donors (Lipinski definition) is 0. The van der Waals surface area contributed by atoms with Crippen LogP contribution < -0.4 is 4.90 Å². The van der Waals surface area contributed by atoms with Crippen LogP contribution in [0.4, 0.5) is 5.13 Å². The van der Waals surface area contributed by atoms with Gasteiger partial charge in [-0.3, -0.25) is 14.4 Å². The first-order chi connectivity index (χ1) is 12.6. The van der Waals surface area contributed by atoms with Crippen molar-refractivity contribution in [2.75, 3.05) is 18.1 Å². The van der Waals surface area contributed by atoms with Gasteiger partial charge in [-0.05, 0) is 44.0 Å². The standard InChI is InChI=1S/C18H19ClN4O2S/c1-2-22-8-7-15(21-22)17(24)23(11-13-4-3-9-25-13)18-20-14-6-5-12(19)10-16(14)26-18/h5-8,10,13H,2-4,9,11H2,1H3. The van der Waals surface area contributed by atoms with Gasteiger partial charge in [-0.15, -0.1) is 0 Å². The fourth-order valence-corrected chi connectivity index (χ4v) is 4.28. The van der Waals surface area contributed by atoms with Crippen LogP contribution in [0.3, 0.4) is 0 Å². The highest BCUT2D eigenvalue weighted by atomic mass is 35.5. The first kappa shape index (κ1) is 17.5. The molecule has 4 rings (SSSR count). The van der Waals surface area contributed by atoms with E-state index in [0.29, 0.717) is 22.4 Å². The van der Waals surface area contributed by atoms with Crippen LogP contribution in [0.15, 0.2) is 30.5 Å². The molecule has 1 amide bonds. The Bertz CT molecular complexity index is 932. The summed E-state index contributed by atoms with van der Waals surface area (Å²) in [6.07, 6.45) is 3.81. The number of hydrogen-bond acceptors (Lipinski definition) is 5. The normalized spacial score (nSPS) is 17.1. The molecular formula is C18H19ClN4O2S. The lowest BCUT2D eigenvalue weighted by Crippen LogP contribution is -2.37. The highest BCUT2D eigenvalue weighted by Crippen LogP contribution is 2.32. The zero-order chi connectivity index (χ0) is 18.1. The third kappa shape index (κ3) is 3.47. The number of nitrogens with zero attached hydrogens (tertiary/aromatic N) is 4. The van der Waals surface area contributed by atoms with Gasteiger partial charge in [0.15, 0.2) is 10.8 Å². The number of ether oxygens (including phenoxy) is 1. The first-order valence-electron chi connectivity index (χ1n) is 8.67. The van der Waals surface area contributed by atoms with E-state index in [1.165, 1.54) is 11.3 Å². The van der Waals surface area contributed by atoms with Crippen molar-refractivity contribution in [2.45, 2.75) is 32.4 Å². The van der Waals surface area contributed by atoms with E-state index < -0.39 is 0 Å². The predicted molar refractivity (Wildman–Crippen MR) is 103 cm³/mol. The van der Waals surface area contributed by atoms with Crippen LogP contribution in [0.2, 0.25) is 5.02 Å². The number of aryl methyl sites for hydroxylation is 1. The van der Waals surface area contributed by atoms with E-state index in [1.807, 2.05) is 31.3 Å². The van der Waals surface area contributed by atoms with Crippen molar-refractivity contribution in [3.05, 3.63) is 41.2 Å². The van der Waals surface area contributed by atoms with E-state index in [2.05, 4.69) is 10.1 Å². The van der Waals surface area contributed by atoms with Crippen LogP contribution in [0.1, 0.15) is 30.3 Å². The van der Waals surface area contributed by atoms with Gasteiger partial charge in [0.2, 0.25) is 0 Å². The second-order valence-corrected chi connectivity index (χ2v) is 7.66. The van der Waals surface area contributed by atoms with Crippen molar-refractivity contribution < 1.29 is 9.53 Å². The number of thiazole rings is 1. The van der Waals surface area contributed by atoms with Crippen LogP contribution in [0, 0.1) is 0 Å². The number of carbonyl (C=O) groups excluding carboxylic acids is 1. The molecule has 0 N–H and O–H groups in total. The lowest BCUT2D eigenvalue weighted by Gasteiger charge is -2.22. The molecule has 1 aromatic carbocycles.